The van der Waals surface area contributed by atoms with Crippen LogP contribution in [0.3, 0.4) is 0 Å². The van der Waals surface area contributed by atoms with Crippen LogP contribution in [0.25, 0.3) is 5.69 Å². The summed E-state index contributed by atoms with van der Waals surface area (Å²) >= 11 is 1.15. The summed E-state index contributed by atoms with van der Waals surface area (Å²) < 4.78 is 1.53. The van der Waals surface area contributed by atoms with E-state index in [0.29, 0.717) is 5.16 Å². The fourth-order valence-electron chi connectivity index (χ4n) is 1.57. The molecule has 21 heavy (non-hydrogen) atoms. The average Bonchev–Trinajstić information content (AvgIpc) is 2.95. The summed E-state index contributed by atoms with van der Waals surface area (Å²) in [7, 11) is 0. The van der Waals surface area contributed by atoms with Gasteiger partial charge in [-0.25, -0.2) is 0 Å². The first-order chi connectivity index (χ1) is 10.1. The number of tetrazole rings is 1. The minimum Gasteiger partial charge on any atom is -0.401 e. The van der Waals surface area contributed by atoms with Crippen LogP contribution in [0.5, 0.6) is 0 Å². The molecule has 0 radical (unpaired) electrons. The van der Waals surface area contributed by atoms with Crippen molar-refractivity contribution in [3.05, 3.63) is 41.6 Å². The van der Waals surface area contributed by atoms with Crippen molar-refractivity contribution in [3.8, 4) is 11.8 Å². The van der Waals surface area contributed by atoms with Crippen LogP contribution in [0.15, 0.2) is 46.8 Å². The first-order valence-electron chi connectivity index (χ1n) is 5.99. The molecule has 0 spiro atoms. The number of allylic oxidation sites excluding steroid dienone is 2. The van der Waals surface area contributed by atoms with Crippen LogP contribution in [-0.4, -0.2) is 31.7 Å². The van der Waals surface area contributed by atoms with Gasteiger partial charge in [-0.3, -0.25) is 4.79 Å². The second kappa shape index (κ2) is 6.67. The molecule has 8 heteroatoms. The van der Waals surface area contributed by atoms with Crippen LogP contribution in [0.4, 0.5) is 0 Å². The minimum absolute atomic E-state index is 0.0266. The number of aromatic nitrogens is 4. The quantitative estimate of drug-likeness (QED) is 0.499. The minimum atomic E-state index is -0.342. The number of carbonyl (C=O) groups excluding carboxylic acids is 1. The Labute approximate surface area is 125 Å². The number of Topliss-reactive ketones (excluding diaryl/α,β-unsaturated/α-hetero) is 1. The molecule has 0 fully saturated rings. The van der Waals surface area contributed by atoms with Crippen LogP contribution in [0.1, 0.15) is 6.92 Å². The van der Waals surface area contributed by atoms with Crippen molar-refractivity contribution in [3.63, 3.8) is 0 Å². The zero-order valence-electron chi connectivity index (χ0n) is 11.2. The van der Waals surface area contributed by atoms with E-state index in [4.69, 9.17) is 11.0 Å². The number of carbonyl (C=O) groups is 1. The summed E-state index contributed by atoms with van der Waals surface area (Å²) in [6.07, 6.45) is 0. The number of hydrogen-bond acceptors (Lipinski definition) is 7. The Hall–Kier alpha value is -2.66. The van der Waals surface area contributed by atoms with Gasteiger partial charge in [0.15, 0.2) is 5.78 Å². The van der Waals surface area contributed by atoms with Gasteiger partial charge in [-0.05, 0) is 29.5 Å². The molecule has 1 aromatic heterocycles. The molecule has 0 amide bonds. The number of hydrogen-bond donors (Lipinski definition) is 1. The van der Waals surface area contributed by atoms with Gasteiger partial charge in [0.2, 0.25) is 5.16 Å². The molecule has 0 aliphatic heterocycles. The molecule has 0 aliphatic carbocycles. The highest BCUT2D eigenvalue weighted by molar-refractivity contribution is 7.99. The van der Waals surface area contributed by atoms with Crippen molar-refractivity contribution >= 4 is 17.5 Å². The number of ketones is 1. The molecule has 0 saturated heterocycles. The van der Waals surface area contributed by atoms with Crippen LogP contribution < -0.4 is 5.73 Å². The van der Waals surface area contributed by atoms with E-state index < -0.39 is 0 Å². The van der Waals surface area contributed by atoms with E-state index in [1.807, 2.05) is 36.4 Å². The summed E-state index contributed by atoms with van der Waals surface area (Å²) in [5.74, 6) is -0.296. The lowest BCUT2D eigenvalue weighted by Gasteiger charge is -2.03. The lowest BCUT2D eigenvalue weighted by atomic mass is 10.2. The number of rotatable bonds is 5. The van der Waals surface area contributed by atoms with Crippen molar-refractivity contribution in [1.29, 1.82) is 5.26 Å². The maximum atomic E-state index is 11.9. The maximum Gasteiger partial charge on any atom is 0.214 e. The molecule has 1 heterocycles. The monoisotopic (exact) mass is 300 g/mol. The standard InChI is InChI=1S/C13H12N6OS/c1-9(15)11(7-14)12(20)8-21-13-16-17-18-19(13)10-5-3-2-4-6-10/h2-6H,8,15H2,1H3/b11-9+. The van der Waals surface area contributed by atoms with E-state index in [-0.39, 0.29) is 22.8 Å². The van der Waals surface area contributed by atoms with E-state index >= 15 is 0 Å². The number of nitriles is 1. The summed E-state index contributed by atoms with van der Waals surface area (Å²) in [5.41, 5.74) is 6.48. The molecule has 2 N–H and O–H groups in total. The Balaban J connectivity index is 2.13. The van der Waals surface area contributed by atoms with Crippen LogP contribution in [-0.2, 0) is 4.79 Å². The molecular weight excluding hydrogens is 288 g/mol. The number of para-hydroxylation sites is 1. The lowest BCUT2D eigenvalue weighted by Crippen LogP contribution is -2.11. The number of nitrogens with zero attached hydrogens (tertiary/aromatic N) is 5. The Bertz CT molecular complexity index is 712. The van der Waals surface area contributed by atoms with Gasteiger partial charge in [-0.15, -0.1) is 5.10 Å². The first-order valence-corrected chi connectivity index (χ1v) is 6.98. The van der Waals surface area contributed by atoms with Crippen molar-refractivity contribution < 1.29 is 4.79 Å². The third-order valence-corrected chi connectivity index (χ3v) is 3.48. The summed E-state index contributed by atoms with van der Waals surface area (Å²) in [6, 6.07) is 11.1. The molecule has 7 nitrogen and oxygen atoms in total. The fourth-order valence-corrected chi connectivity index (χ4v) is 2.34. The Morgan fingerprint density at radius 2 is 2.14 bits per heavy atom. The van der Waals surface area contributed by atoms with Crippen molar-refractivity contribution in [2.45, 2.75) is 12.1 Å². The average molecular weight is 300 g/mol. The Kier molecular flexibility index (Phi) is 4.68. The van der Waals surface area contributed by atoms with E-state index in [1.165, 1.54) is 11.6 Å². The molecule has 1 aromatic carbocycles. The highest BCUT2D eigenvalue weighted by atomic mass is 32.2. The first kappa shape index (κ1) is 14.7. The Morgan fingerprint density at radius 1 is 1.43 bits per heavy atom. The second-order valence-electron chi connectivity index (χ2n) is 4.09. The van der Waals surface area contributed by atoms with Crippen LogP contribution >= 0.6 is 11.8 Å². The van der Waals surface area contributed by atoms with Gasteiger partial charge in [0.05, 0.1) is 11.4 Å². The van der Waals surface area contributed by atoms with E-state index in [0.717, 1.165) is 17.4 Å². The third-order valence-electron chi connectivity index (χ3n) is 2.56. The van der Waals surface area contributed by atoms with Gasteiger partial charge in [0, 0.05) is 5.70 Å². The van der Waals surface area contributed by atoms with Gasteiger partial charge in [0.25, 0.3) is 0 Å². The molecule has 2 rings (SSSR count). The van der Waals surface area contributed by atoms with Crippen LogP contribution in [0, 0.1) is 11.3 Å². The van der Waals surface area contributed by atoms with Gasteiger partial charge >= 0.3 is 0 Å². The summed E-state index contributed by atoms with van der Waals surface area (Å²) in [5, 5.41) is 20.7. The zero-order chi connectivity index (χ0) is 15.2. The smallest absolute Gasteiger partial charge is 0.214 e. The number of nitrogens with two attached hydrogens (primary N) is 1. The molecule has 0 aliphatic rings. The SMILES string of the molecule is C/C(N)=C(/C#N)C(=O)CSc1nnnn1-c1ccccc1. The van der Waals surface area contributed by atoms with Crippen molar-refractivity contribution in [2.24, 2.45) is 5.73 Å². The maximum absolute atomic E-state index is 11.9. The van der Waals surface area contributed by atoms with E-state index in [2.05, 4.69) is 15.5 Å². The highest BCUT2D eigenvalue weighted by Gasteiger charge is 2.15. The predicted octanol–water partition coefficient (Wildman–Crippen LogP) is 1.08. The second-order valence-corrected chi connectivity index (χ2v) is 5.03. The topological polar surface area (TPSA) is 110 Å². The Morgan fingerprint density at radius 3 is 2.76 bits per heavy atom. The lowest BCUT2D eigenvalue weighted by molar-refractivity contribution is -0.112. The van der Waals surface area contributed by atoms with Crippen molar-refractivity contribution in [1.82, 2.24) is 20.2 Å². The molecule has 0 bridgehead atoms. The summed E-state index contributed by atoms with van der Waals surface area (Å²) in [6.45, 7) is 1.52. The van der Waals surface area contributed by atoms with Gasteiger partial charge in [-0.2, -0.15) is 9.94 Å². The molecule has 0 unspecified atom stereocenters. The number of benzene rings is 1. The number of thioether (sulfide) groups is 1. The van der Waals surface area contributed by atoms with Crippen LogP contribution in [0.2, 0.25) is 0 Å². The van der Waals surface area contributed by atoms with Gasteiger partial charge in [0.1, 0.15) is 11.6 Å². The third kappa shape index (κ3) is 3.46. The molecule has 2 aromatic rings. The zero-order valence-corrected chi connectivity index (χ0v) is 12.0. The fraction of sp³-hybridized carbons (Fsp3) is 0.154. The predicted molar refractivity (Wildman–Crippen MR) is 77.4 cm³/mol. The molecule has 0 saturated carbocycles. The van der Waals surface area contributed by atoms with Crippen molar-refractivity contribution in [2.75, 3.05) is 5.75 Å². The van der Waals surface area contributed by atoms with E-state index in [9.17, 15) is 4.79 Å². The van der Waals surface area contributed by atoms with Gasteiger partial charge < -0.3 is 5.73 Å². The van der Waals surface area contributed by atoms with Gasteiger partial charge in [-0.1, -0.05) is 30.0 Å². The van der Waals surface area contributed by atoms with E-state index in [1.54, 1.807) is 0 Å². The molecular formula is C13H12N6OS. The normalized spacial score (nSPS) is 11.6. The molecule has 106 valence electrons. The largest absolute Gasteiger partial charge is 0.401 e. The molecule has 0 atom stereocenters. The summed E-state index contributed by atoms with van der Waals surface area (Å²) in [4.78, 5) is 11.9. The highest BCUT2D eigenvalue weighted by Crippen LogP contribution is 2.19.